The predicted octanol–water partition coefficient (Wildman–Crippen LogP) is -0.0872. The smallest absolute Gasteiger partial charge is 0.180 e. The van der Waals surface area contributed by atoms with Crippen LogP contribution >= 0.6 is 0 Å². The van der Waals surface area contributed by atoms with E-state index in [2.05, 4.69) is 0 Å². The fraction of sp³-hybridized carbons (Fsp3) is 0.143. The second kappa shape index (κ2) is 3.40. The van der Waals surface area contributed by atoms with Gasteiger partial charge < -0.3 is 25.5 Å². The van der Waals surface area contributed by atoms with E-state index in [1.165, 1.54) is 19.2 Å². The summed E-state index contributed by atoms with van der Waals surface area (Å²) in [6, 6.07) is 3.78. The van der Waals surface area contributed by atoms with Crippen molar-refractivity contribution in [1.29, 1.82) is 0 Å². The molecule has 0 aromatic heterocycles. The molecule has 0 atom stereocenters. The van der Waals surface area contributed by atoms with Gasteiger partial charge in [0.15, 0.2) is 11.4 Å². The average Bonchev–Trinajstić information content (AvgIpc) is 2.04. The van der Waals surface area contributed by atoms with Crippen molar-refractivity contribution in [1.82, 2.24) is 0 Å². The first-order valence-electron chi connectivity index (χ1n) is 3.23. The van der Waals surface area contributed by atoms with Crippen LogP contribution in [0.1, 0.15) is 0 Å². The Morgan fingerprint density at radius 1 is 1.42 bits per heavy atom. The first-order valence-corrected chi connectivity index (χ1v) is 3.23. The van der Waals surface area contributed by atoms with Gasteiger partial charge in [0.05, 0.1) is 7.11 Å². The largest absolute Gasteiger partial charge is 0.628 e. The molecule has 1 aromatic carbocycles. The number of hydrogen-bond donors (Lipinski definition) is 2. The number of aromatic hydroxyl groups is 1. The number of rotatable bonds is 2. The Bertz CT molecular complexity index is 274. The maximum absolute atomic E-state index is 10.4. The zero-order valence-electron chi connectivity index (χ0n) is 6.40. The molecule has 0 fully saturated rings. The molecule has 66 valence electrons. The van der Waals surface area contributed by atoms with E-state index < -0.39 is 5.23 Å². The molecule has 5 nitrogen and oxygen atoms in total. The number of ether oxygens (including phenoxy) is 1. The molecule has 1 aromatic rings. The SMILES string of the molecule is COc1ccc(O)cc1[NH+]([O-])[O-]. The highest BCUT2D eigenvalue weighted by Crippen LogP contribution is 2.24. The van der Waals surface area contributed by atoms with Crippen molar-refractivity contribution in [3.63, 3.8) is 0 Å². The van der Waals surface area contributed by atoms with Gasteiger partial charge in [0.2, 0.25) is 0 Å². The summed E-state index contributed by atoms with van der Waals surface area (Å²) in [5, 5.41) is 28.4. The highest BCUT2D eigenvalue weighted by molar-refractivity contribution is 5.50. The van der Waals surface area contributed by atoms with Gasteiger partial charge in [0.25, 0.3) is 0 Å². The third-order valence-electron chi connectivity index (χ3n) is 1.40. The minimum absolute atomic E-state index is 0.130. The molecule has 0 radical (unpaired) electrons. The van der Waals surface area contributed by atoms with Gasteiger partial charge in [-0.1, -0.05) is 0 Å². The van der Waals surface area contributed by atoms with Crippen LogP contribution in [-0.2, 0) is 0 Å². The lowest BCUT2D eigenvalue weighted by Gasteiger charge is -2.26. The Balaban J connectivity index is 3.12. The Morgan fingerprint density at radius 2 is 2.08 bits per heavy atom. The van der Waals surface area contributed by atoms with Crippen LogP contribution in [0.5, 0.6) is 11.5 Å². The lowest BCUT2D eigenvalue weighted by molar-refractivity contribution is -0.715. The fourth-order valence-electron chi connectivity index (χ4n) is 0.855. The Hall–Kier alpha value is -1.30. The normalized spacial score (nSPS) is 10.3. The minimum Gasteiger partial charge on any atom is -0.628 e. The molecule has 0 saturated heterocycles. The van der Waals surface area contributed by atoms with Crippen LogP contribution < -0.4 is 9.96 Å². The molecular formula is C7H8NO4-. The summed E-state index contributed by atoms with van der Waals surface area (Å²) < 4.78 is 4.73. The zero-order valence-corrected chi connectivity index (χ0v) is 6.40. The maximum Gasteiger partial charge on any atom is 0.180 e. The van der Waals surface area contributed by atoms with E-state index in [-0.39, 0.29) is 17.2 Å². The van der Waals surface area contributed by atoms with Crippen molar-refractivity contribution in [3.8, 4) is 11.5 Å². The molecule has 0 unspecified atom stereocenters. The van der Waals surface area contributed by atoms with Gasteiger partial charge in [-0.15, -0.1) is 0 Å². The summed E-state index contributed by atoms with van der Waals surface area (Å²) in [5.74, 6) is 0.0443. The number of phenolic OH excluding ortho intramolecular Hbond substituents is 1. The zero-order chi connectivity index (χ0) is 9.14. The number of hydrogen-bond acceptors (Lipinski definition) is 4. The third-order valence-corrected chi connectivity index (χ3v) is 1.40. The minimum atomic E-state index is -1.37. The van der Waals surface area contributed by atoms with Crippen molar-refractivity contribution < 1.29 is 15.1 Å². The van der Waals surface area contributed by atoms with E-state index in [1.807, 2.05) is 0 Å². The van der Waals surface area contributed by atoms with E-state index >= 15 is 0 Å². The Labute approximate surface area is 69.0 Å². The molecule has 0 amide bonds. The summed E-state index contributed by atoms with van der Waals surface area (Å²) in [4.78, 5) is 0. The molecule has 1 rings (SSSR count). The van der Waals surface area contributed by atoms with Gasteiger partial charge in [0, 0.05) is 6.07 Å². The lowest BCUT2D eigenvalue weighted by Crippen LogP contribution is -2.96. The van der Waals surface area contributed by atoms with Crippen LogP contribution in [0.2, 0.25) is 0 Å². The van der Waals surface area contributed by atoms with Crippen LogP contribution in [0.25, 0.3) is 0 Å². The Kier molecular flexibility index (Phi) is 2.49. The van der Waals surface area contributed by atoms with Gasteiger partial charge in [-0.3, -0.25) is 0 Å². The summed E-state index contributed by atoms with van der Waals surface area (Å²) >= 11 is 0. The predicted molar refractivity (Wildman–Crippen MR) is 42.0 cm³/mol. The summed E-state index contributed by atoms with van der Waals surface area (Å²) in [7, 11) is 1.35. The second-order valence-electron chi connectivity index (χ2n) is 2.17. The summed E-state index contributed by atoms with van der Waals surface area (Å²) in [6.07, 6.45) is 0. The van der Waals surface area contributed by atoms with Crippen LogP contribution in [0.3, 0.4) is 0 Å². The van der Waals surface area contributed by atoms with Gasteiger partial charge in [-0.05, 0) is 12.1 Å². The van der Waals surface area contributed by atoms with E-state index in [4.69, 9.17) is 9.84 Å². The molecule has 0 aliphatic carbocycles. The van der Waals surface area contributed by atoms with Gasteiger partial charge in [-0.2, -0.15) is 0 Å². The number of nitrogens with one attached hydrogen (secondary N) is 1. The quantitative estimate of drug-likeness (QED) is 0.608. The van der Waals surface area contributed by atoms with Crippen molar-refractivity contribution >= 4 is 5.69 Å². The third kappa shape index (κ3) is 1.65. The van der Waals surface area contributed by atoms with Gasteiger partial charge in [-0.25, -0.2) is 0 Å². The molecular weight excluding hydrogens is 162 g/mol. The molecule has 12 heavy (non-hydrogen) atoms. The van der Waals surface area contributed by atoms with Crippen LogP contribution in [0, 0.1) is 10.4 Å². The number of phenols is 1. The van der Waals surface area contributed by atoms with Crippen molar-refractivity contribution in [2.24, 2.45) is 0 Å². The molecule has 0 spiro atoms. The van der Waals surface area contributed by atoms with Crippen molar-refractivity contribution in [3.05, 3.63) is 28.6 Å². The first kappa shape index (κ1) is 8.79. The maximum atomic E-state index is 10.4. The Morgan fingerprint density at radius 3 is 2.58 bits per heavy atom. The summed E-state index contributed by atoms with van der Waals surface area (Å²) in [6.45, 7) is 0. The number of quaternary nitrogens is 1. The van der Waals surface area contributed by atoms with Crippen LogP contribution in [0.4, 0.5) is 5.69 Å². The molecule has 0 bridgehead atoms. The van der Waals surface area contributed by atoms with Crippen LogP contribution in [0.15, 0.2) is 18.2 Å². The standard InChI is InChI=1S/C7H8NO4/c1-12-7-3-2-5(9)4-6(7)8(10)11/h2-4,8-9H,1H3/q-1. The monoisotopic (exact) mass is 170 g/mol. The molecule has 2 N–H and O–H groups in total. The summed E-state index contributed by atoms with van der Waals surface area (Å²) in [5.41, 5.74) is -0.155. The lowest BCUT2D eigenvalue weighted by atomic mass is 10.3. The second-order valence-corrected chi connectivity index (χ2v) is 2.17. The van der Waals surface area contributed by atoms with E-state index in [9.17, 15) is 10.4 Å². The molecule has 0 aliphatic rings. The average molecular weight is 170 g/mol. The fourth-order valence-corrected chi connectivity index (χ4v) is 0.855. The van der Waals surface area contributed by atoms with Crippen molar-refractivity contribution in [2.45, 2.75) is 0 Å². The van der Waals surface area contributed by atoms with Crippen molar-refractivity contribution in [2.75, 3.05) is 7.11 Å². The van der Waals surface area contributed by atoms with E-state index in [0.717, 1.165) is 6.07 Å². The number of methoxy groups -OCH3 is 1. The van der Waals surface area contributed by atoms with Gasteiger partial charge in [0.1, 0.15) is 5.75 Å². The van der Waals surface area contributed by atoms with E-state index in [0.29, 0.717) is 0 Å². The first-order chi connectivity index (χ1) is 5.65. The molecule has 0 saturated carbocycles. The topological polar surface area (TPSA) is 80.0 Å². The molecule has 0 heterocycles. The molecule has 0 aliphatic heterocycles. The highest BCUT2D eigenvalue weighted by Gasteiger charge is 2.05. The molecule has 5 heteroatoms. The highest BCUT2D eigenvalue weighted by atomic mass is 16.8. The van der Waals surface area contributed by atoms with Gasteiger partial charge >= 0.3 is 0 Å². The van der Waals surface area contributed by atoms with E-state index in [1.54, 1.807) is 0 Å². The number of benzene rings is 1. The van der Waals surface area contributed by atoms with Crippen LogP contribution in [-0.4, -0.2) is 12.2 Å².